The summed E-state index contributed by atoms with van der Waals surface area (Å²) in [6.07, 6.45) is 3.71. The van der Waals surface area contributed by atoms with Gasteiger partial charge in [-0.2, -0.15) is 0 Å². The summed E-state index contributed by atoms with van der Waals surface area (Å²) in [7, 11) is 0. The van der Waals surface area contributed by atoms with E-state index in [2.05, 4.69) is 20.3 Å². The molecule has 0 radical (unpaired) electrons. The van der Waals surface area contributed by atoms with Crippen molar-refractivity contribution in [2.45, 2.75) is 27.2 Å². The zero-order chi connectivity index (χ0) is 14.7. The van der Waals surface area contributed by atoms with E-state index in [9.17, 15) is 9.59 Å². The van der Waals surface area contributed by atoms with Gasteiger partial charge in [-0.25, -0.2) is 9.97 Å². The molecule has 0 aliphatic carbocycles. The van der Waals surface area contributed by atoms with E-state index < -0.39 is 0 Å². The van der Waals surface area contributed by atoms with E-state index >= 15 is 0 Å². The van der Waals surface area contributed by atoms with Gasteiger partial charge in [0.1, 0.15) is 12.0 Å². The number of nitrogens with zero attached hydrogens (tertiary/aromatic N) is 2. The third-order valence-electron chi connectivity index (χ3n) is 3.00. The molecule has 20 heavy (non-hydrogen) atoms. The molecule has 0 saturated carbocycles. The maximum atomic E-state index is 12.0. The summed E-state index contributed by atoms with van der Waals surface area (Å²) >= 11 is 0. The Balaban J connectivity index is 2.74. The summed E-state index contributed by atoms with van der Waals surface area (Å²) < 4.78 is 0. The monoisotopic (exact) mass is 272 g/mol. The molecule has 2 N–H and O–H groups in total. The van der Waals surface area contributed by atoms with Crippen LogP contribution < -0.4 is 10.9 Å². The van der Waals surface area contributed by atoms with Crippen molar-refractivity contribution >= 4 is 11.6 Å². The summed E-state index contributed by atoms with van der Waals surface area (Å²) in [5, 5.41) is 2.60. The number of aromatic nitrogens is 3. The zero-order valence-corrected chi connectivity index (χ0v) is 11.7. The van der Waals surface area contributed by atoms with Crippen LogP contribution in [0.15, 0.2) is 23.4 Å². The molecule has 0 spiro atoms. The van der Waals surface area contributed by atoms with E-state index in [0.717, 1.165) is 22.5 Å². The first-order chi connectivity index (χ1) is 9.54. The standard InChI is InChI=1S/C14H16N4O2/c1-4-10-12(11-5-6-15-7-16-11)8(2)17-14(20)13(10)18-9(3)19/h5-7H,4H2,1-3H3,(H,17,20)(H,18,19). The molecule has 6 nitrogen and oxygen atoms in total. The number of hydrogen-bond acceptors (Lipinski definition) is 4. The fourth-order valence-electron chi connectivity index (χ4n) is 2.23. The number of aromatic amines is 1. The van der Waals surface area contributed by atoms with Crippen LogP contribution in [0.4, 0.5) is 5.69 Å². The molecule has 0 aliphatic heterocycles. The summed E-state index contributed by atoms with van der Waals surface area (Å²) in [6, 6.07) is 1.78. The maximum Gasteiger partial charge on any atom is 0.272 e. The number of hydrogen-bond donors (Lipinski definition) is 2. The number of aryl methyl sites for hydroxylation is 1. The fraction of sp³-hybridized carbons (Fsp3) is 0.286. The lowest BCUT2D eigenvalue weighted by atomic mass is 9.99. The predicted octanol–water partition coefficient (Wildman–Crippen LogP) is 1.66. The first-order valence-corrected chi connectivity index (χ1v) is 6.34. The highest BCUT2D eigenvalue weighted by atomic mass is 16.2. The first-order valence-electron chi connectivity index (χ1n) is 6.34. The number of rotatable bonds is 3. The molecule has 0 fully saturated rings. The minimum absolute atomic E-state index is 0.275. The first kappa shape index (κ1) is 13.9. The van der Waals surface area contributed by atoms with Crippen LogP contribution in [0.5, 0.6) is 0 Å². The van der Waals surface area contributed by atoms with Gasteiger partial charge in [0.05, 0.1) is 5.69 Å². The van der Waals surface area contributed by atoms with Crippen molar-refractivity contribution in [1.29, 1.82) is 0 Å². The van der Waals surface area contributed by atoms with Crippen molar-refractivity contribution in [3.8, 4) is 11.3 Å². The number of H-pyrrole nitrogens is 1. The predicted molar refractivity (Wildman–Crippen MR) is 76.5 cm³/mol. The van der Waals surface area contributed by atoms with E-state index in [1.165, 1.54) is 13.3 Å². The average Bonchev–Trinajstić information content (AvgIpc) is 2.42. The van der Waals surface area contributed by atoms with Crippen LogP contribution in [0.25, 0.3) is 11.3 Å². The van der Waals surface area contributed by atoms with Crippen molar-refractivity contribution in [3.63, 3.8) is 0 Å². The second kappa shape index (κ2) is 5.64. The number of anilines is 1. The van der Waals surface area contributed by atoms with Crippen LogP contribution in [0.1, 0.15) is 25.1 Å². The summed E-state index contributed by atoms with van der Waals surface area (Å²) in [5.41, 5.74) is 3.04. The van der Waals surface area contributed by atoms with Crippen LogP contribution in [0.3, 0.4) is 0 Å². The van der Waals surface area contributed by atoms with Crippen LogP contribution in [0.2, 0.25) is 0 Å². The Morgan fingerprint density at radius 1 is 1.45 bits per heavy atom. The molecule has 0 aliphatic rings. The number of amides is 1. The van der Waals surface area contributed by atoms with Crippen molar-refractivity contribution in [3.05, 3.63) is 40.2 Å². The Morgan fingerprint density at radius 2 is 2.20 bits per heavy atom. The van der Waals surface area contributed by atoms with Crippen LogP contribution in [-0.2, 0) is 11.2 Å². The second-order valence-corrected chi connectivity index (χ2v) is 4.44. The molecule has 0 bridgehead atoms. The number of carbonyl (C=O) groups excluding carboxylic acids is 1. The minimum atomic E-state index is -0.299. The van der Waals surface area contributed by atoms with E-state index in [-0.39, 0.29) is 11.5 Å². The Bertz CT molecular complexity index is 692. The highest BCUT2D eigenvalue weighted by molar-refractivity contribution is 5.91. The van der Waals surface area contributed by atoms with E-state index in [4.69, 9.17) is 0 Å². The molecule has 0 saturated heterocycles. The quantitative estimate of drug-likeness (QED) is 0.889. The molecule has 6 heteroatoms. The second-order valence-electron chi connectivity index (χ2n) is 4.44. The minimum Gasteiger partial charge on any atom is -0.324 e. The van der Waals surface area contributed by atoms with Gasteiger partial charge in [-0.05, 0) is 25.0 Å². The summed E-state index contributed by atoms with van der Waals surface area (Å²) in [4.78, 5) is 34.2. The van der Waals surface area contributed by atoms with Gasteiger partial charge in [-0.1, -0.05) is 6.92 Å². The molecule has 2 aromatic heterocycles. The van der Waals surface area contributed by atoms with Gasteiger partial charge in [0.15, 0.2) is 0 Å². The van der Waals surface area contributed by atoms with Gasteiger partial charge in [-0.3, -0.25) is 9.59 Å². The van der Waals surface area contributed by atoms with E-state index in [1.54, 1.807) is 12.3 Å². The van der Waals surface area contributed by atoms with Gasteiger partial charge in [-0.15, -0.1) is 0 Å². The fourth-order valence-corrected chi connectivity index (χ4v) is 2.23. The van der Waals surface area contributed by atoms with Crippen LogP contribution in [-0.4, -0.2) is 20.9 Å². The molecule has 1 amide bonds. The van der Waals surface area contributed by atoms with Crippen LogP contribution >= 0.6 is 0 Å². The molecule has 0 unspecified atom stereocenters. The van der Waals surface area contributed by atoms with E-state index in [0.29, 0.717) is 12.1 Å². The van der Waals surface area contributed by atoms with E-state index in [1.807, 2.05) is 13.8 Å². The SMILES string of the molecule is CCc1c(-c2ccncn2)c(C)[nH]c(=O)c1NC(C)=O. The Kier molecular flexibility index (Phi) is 3.93. The normalized spacial score (nSPS) is 10.3. The lowest BCUT2D eigenvalue weighted by molar-refractivity contribution is -0.114. The van der Waals surface area contributed by atoms with Gasteiger partial charge in [0.2, 0.25) is 5.91 Å². The Hall–Kier alpha value is -2.50. The molecular weight excluding hydrogens is 256 g/mol. The van der Waals surface area contributed by atoms with Crippen molar-refractivity contribution in [2.24, 2.45) is 0 Å². The summed E-state index contributed by atoms with van der Waals surface area (Å²) in [6.45, 7) is 5.13. The molecule has 0 atom stereocenters. The van der Waals surface area contributed by atoms with Crippen molar-refractivity contribution < 1.29 is 4.79 Å². The molecule has 2 heterocycles. The average molecular weight is 272 g/mol. The number of carbonyl (C=O) groups is 1. The lowest BCUT2D eigenvalue weighted by Gasteiger charge is -2.15. The number of pyridine rings is 1. The smallest absolute Gasteiger partial charge is 0.272 e. The summed E-state index contributed by atoms with van der Waals surface area (Å²) in [5.74, 6) is -0.275. The molecular formula is C14H16N4O2. The van der Waals surface area contributed by atoms with Gasteiger partial charge < -0.3 is 10.3 Å². The largest absolute Gasteiger partial charge is 0.324 e. The lowest BCUT2D eigenvalue weighted by Crippen LogP contribution is -2.21. The van der Waals surface area contributed by atoms with Crippen molar-refractivity contribution in [1.82, 2.24) is 15.0 Å². The Labute approximate surface area is 116 Å². The highest BCUT2D eigenvalue weighted by Gasteiger charge is 2.17. The van der Waals surface area contributed by atoms with Crippen molar-refractivity contribution in [2.75, 3.05) is 5.32 Å². The van der Waals surface area contributed by atoms with Gasteiger partial charge in [0.25, 0.3) is 5.56 Å². The molecule has 104 valence electrons. The molecule has 0 aromatic carbocycles. The topological polar surface area (TPSA) is 87.7 Å². The van der Waals surface area contributed by atoms with Crippen LogP contribution in [0, 0.1) is 6.92 Å². The zero-order valence-electron chi connectivity index (χ0n) is 11.7. The number of nitrogens with one attached hydrogen (secondary N) is 2. The third kappa shape index (κ3) is 2.59. The van der Waals surface area contributed by atoms with Gasteiger partial charge in [0, 0.05) is 24.4 Å². The third-order valence-corrected chi connectivity index (χ3v) is 3.00. The molecule has 2 aromatic rings. The maximum absolute atomic E-state index is 12.0. The Morgan fingerprint density at radius 3 is 2.75 bits per heavy atom. The highest BCUT2D eigenvalue weighted by Crippen LogP contribution is 2.28. The van der Waals surface area contributed by atoms with Gasteiger partial charge >= 0.3 is 0 Å². The molecule has 2 rings (SSSR count).